The molecule has 0 aliphatic rings. The van der Waals surface area contributed by atoms with Crippen LogP contribution in [0.15, 0.2) is 45.3 Å². The average Bonchev–Trinajstić information content (AvgIpc) is 2.19. The van der Waals surface area contributed by atoms with Crippen LogP contribution < -0.4 is 0 Å². The van der Waals surface area contributed by atoms with Crippen LogP contribution in [-0.4, -0.2) is 0 Å². The summed E-state index contributed by atoms with van der Waals surface area (Å²) in [5.41, 5.74) is 2.27. The van der Waals surface area contributed by atoms with Gasteiger partial charge in [-0.25, -0.2) is 0 Å². The van der Waals surface area contributed by atoms with Crippen molar-refractivity contribution in [2.75, 3.05) is 0 Å². The van der Waals surface area contributed by atoms with Crippen LogP contribution in [0.5, 0.6) is 0 Å². The highest BCUT2D eigenvalue weighted by Gasteiger charge is 2.02. The lowest BCUT2D eigenvalue weighted by Gasteiger charge is -2.03. The van der Waals surface area contributed by atoms with Gasteiger partial charge in [0, 0.05) is 15.0 Å². The van der Waals surface area contributed by atoms with Crippen LogP contribution >= 0.6 is 31.9 Å². The molecule has 0 atom stereocenters. The number of halogens is 2. The van der Waals surface area contributed by atoms with Crippen molar-refractivity contribution in [1.82, 2.24) is 0 Å². The first-order chi connectivity index (χ1) is 6.77. The number of benzene rings is 2. The maximum Gasteiger partial charge on any atom is 0.0344 e. The van der Waals surface area contributed by atoms with Crippen LogP contribution in [0.1, 0.15) is 0 Å². The Labute approximate surface area is 100 Å². The summed E-state index contributed by atoms with van der Waals surface area (Å²) in [4.78, 5) is 0. The van der Waals surface area contributed by atoms with Crippen LogP contribution in [0.2, 0.25) is 0 Å². The summed E-state index contributed by atoms with van der Waals surface area (Å²) in [6.07, 6.45) is 0. The summed E-state index contributed by atoms with van der Waals surface area (Å²) in [6.45, 7) is 0. The summed E-state index contributed by atoms with van der Waals surface area (Å²) in [6, 6.07) is 18.1. The Morgan fingerprint density at radius 3 is 2.57 bits per heavy atom. The van der Waals surface area contributed by atoms with Crippen molar-refractivity contribution >= 4 is 31.9 Å². The molecule has 2 aromatic carbocycles. The number of hydrogen-bond acceptors (Lipinski definition) is 0. The molecule has 0 amide bonds. The van der Waals surface area contributed by atoms with E-state index in [-0.39, 0.29) is 0 Å². The molecule has 2 aromatic rings. The summed E-state index contributed by atoms with van der Waals surface area (Å²) < 4.78 is 1.92. The monoisotopic (exact) mass is 308 g/mol. The van der Waals surface area contributed by atoms with Gasteiger partial charge < -0.3 is 0 Å². The van der Waals surface area contributed by atoms with Gasteiger partial charge in [-0.2, -0.15) is 0 Å². The molecular formula is C12H6Br2. The van der Waals surface area contributed by atoms with E-state index in [4.69, 9.17) is 0 Å². The predicted molar refractivity (Wildman–Crippen MR) is 65.0 cm³/mol. The number of hydrogen-bond donors (Lipinski definition) is 0. The fourth-order valence-electron chi connectivity index (χ4n) is 1.23. The highest BCUT2D eigenvalue weighted by Crippen LogP contribution is 2.29. The molecule has 2 heteroatoms. The van der Waals surface area contributed by atoms with Gasteiger partial charge >= 0.3 is 0 Å². The average molecular weight is 310 g/mol. The van der Waals surface area contributed by atoms with Crippen molar-refractivity contribution < 1.29 is 0 Å². The molecule has 0 saturated heterocycles. The molecule has 0 spiro atoms. The fraction of sp³-hybridized carbons (Fsp3) is 0. The third-order valence-electron chi connectivity index (χ3n) is 1.88. The molecule has 0 aromatic heterocycles. The molecule has 0 N–H and O–H groups in total. The van der Waals surface area contributed by atoms with Gasteiger partial charge in [0.2, 0.25) is 0 Å². The van der Waals surface area contributed by atoms with Crippen molar-refractivity contribution in [2.45, 2.75) is 0 Å². The van der Waals surface area contributed by atoms with Crippen LogP contribution in [0.4, 0.5) is 0 Å². The van der Waals surface area contributed by atoms with Crippen LogP contribution in [-0.2, 0) is 0 Å². The van der Waals surface area contributed by atoms with Gasteiger partial charge in [-0.15, -0.1) is 0 Å². The number of rotatable bonds is 1. The fourth-order valence-corrected chi connectivity index (χ4v) is 2.40. The lowest BCUT2D eigenvalue weighted by molar-refractivity contribution is 1.54. The van der Waals surface area contributed by atoms with E-state index in [1.807, 2.05) is 30.3 Å². The van der Waals surface area contributed by atoms with Gasteiger partial charge in [0.15, 0.2) is 0 Å². The van der Waals surface area contributed by atoms with Crippen molar-refractivity contribution in [3.8, 4) is 11.1 Å². The molecule has 0 heterocycles. The second-order valence-corrected chi connectivity index (χ2v) is 4.47. The summed E-state index contributed by atoms with van der Waals surface area (Å²) in [5, 5.41) is 0. The molecule has 2 radical (unpaired) electrons. The Morgan fingerprint density at radius 2 is 1.93 bits per heavy atom. The SMILES string of the molecule is Brc1[c]c(Br)c(-c2c[c]ccc2)cc1. The molecule has 2 rings (SSSR count). The van der Waals surface area contributed by atoms with Gasteiger partial charge in [-0.05, 0) is 45.3 Å². The third-order valence-corrected chi connectivity index (χ3v) is 2.97. The molecule has 0 fully saturated rings. The van der Waals surface area contributed by atoms with Crippen molar-refractivity contribution in [2.24, 2.45) is 0 Å². The van der Waals surface area contributed by atoms with Gasteiger partial charge in [0.05, 0.1) is 0 Å². The molecule has 68 valence electrons. The van der Waals surface area contributed by atoms with E-state index in [0.717, 1.165) is 20.1 Å². The zero-order valence-corrected chi connectivity index (χ0v) is 10.4. The largest absolute Gasteiger partial charge is 0.0610 e. The molecule has 0 unspecified atom stereocenters. The smallest absolute Gasteiger partial charge is 0.0344 e. The summed E-state index contributed by atoms with van der Waals surface area (Å²) in [5.74, 6) is 0. The molecule has 0 aliphatic carbocycles. The normalized spacial score (nSPS) is 10.1. The van der Waals surface area contributed by atoms with Gasteiger partial charge in [0.25, 0.3) is 0 Å². The lowest BCUT2D eigenvalue weighted by atomic mass is 10.1. The van der Waals surface area contributed by atoms with Crippen LogP contribution in [0.25, 0.3) is 11.1 Å². The third kappa shape index (κ3) is 2.07. The lowest BCUT2D eigenvalue weighted by Crippen LogP contribution is -1.79. The van der Waals surface area contributed by atoms with Crippen LogP contribution in [0, 0.1) is 12.1 Å². The second-order valence-electron chi connectivity index (χ2n) is 2.83. The summed E-state index contributed by atoms with van der Waals surface area (Å²) >= 11 is 6.86. The van der Waals surface area contributed by atoms with E-state index >= 15 is 0 Å². The Bertz CT molecular complexity index is 435. The van der Waals surface area contributed by atoms with E-state index in [1.165, 1.54) is 0 Å². The van der Waals surface area contributed by atoms with Crippen molar-refractivity contribution in [1.29, 1.82) is 0 Å². The molecule has 0 nitrogen and oxygen atoms in total. The first-order valence-corrected chi connectivity index (χ1v) is 5.70. The predicted octanol–water partition coefficient (Wildman–Crippen LogP) is 4.48. The molecule has 0 saturated carbocycles. The first kappa shape index (κ1) is 9.94. The zero-order chi connectivity index (χ0) is 9.97. The molecule has 0 bridgehead atoms. The Morgan fingerprint density at radius 1 is 1.07 bits per heavy atom. The Balaban J connectivity index is 2.53. The molecule has 14 heavy (non-hydrogen) atoms. The standard InChI is InChI=1S/C12H6Br2/c13-10-6-7-11(12(14)8-10)9-4-2-1-3-5-9/h1-2,4-7H. The van der Waals surface area contributed by atoms with Crippen molar-refractivity contribution in [3.05, 3.63) is 57.5 Å². The highest BCUT2D eigenvalue weighted by molar-refractivity contribution is 9.11. The highest BCUT2D eigenvalue weighted by atomic mass is 79.9. The van der Waals surface area contributed by atoms with Gasteiger partial charge in [0.1, 0.15) is 0 Å². The minimum absolute atomic E-state index is 0.952. The first-order valence-electron chi connectivity index (χ1n) is 4.11. The van der Waals surface area contributed by atoms with Gasteiger partial charge in [-0.3, -0.25) is 0 Å². The van der Waals surface area contributed by atoms with Gasteiger partial charge in [-0.1, -0.05) is 40.2 Å². The second kappa shape index (κ2) is 4.28. The van der Waals surface area contributed by atoms with Crippen LogP contribution in [0.3, 0.4) is 0 Å². The van der Waals surface area contributed by atoms with E-state index in [9.17, 15) is 0 Å². The minimum Gasteiger partial charge on any atom is -0.0610 e. The topological polar surface area (TPSA) is 0 Å². The maximum atomic E-state index is 3.48. The molecule has 0 aliphatic heterocycles. The quantitative estimate of drug-likeness (QED) is 0.728. The maximum absolute atomic E-state index is 3.48. The van der Waals surface area contributed by atoms with E-state index < -0.39 is 0 Å². The zero-order valence-electron chi connectivity index (χ0n) is 7.22. The molecular weight excluding hydrogens is 304 g/mol. The Kier molecular flexibility index (Phi) is 3.04. The van der Waals surface area contributed by atoms with E-state index in [2.05, 4.69) is 50.1 Å². The Hall–Kier alpha value is -0.600. The van der Waals surface area contributed by atoms with E-state index in [1.54, 1.807) is 0 Å². The van der Waals surface area contributed by atoms with E-state index in [0.29, 0.717) is 0 Å². The summed E-state index contributed by atoms with van der Waals surface area (Å²) in [7, 11) is 0. The minimum atomic E-state index is 0.952. The van der Waals surface area contributed by atoms with Crippen molar-refractivity contribution in [3.63, 3.8) is 0 Å².